The number of aromatic nitrogens is 2. The molecule has 1 fully saturated rings. The van der Waals surface area contributed by atoms with Crippen molar-refractivity contribution in [1.82, 2.24) is 0 Å². The number of benzene rings is 4. The molecular formula is C56H62IrN2OSSi-2. The van der Waals surface area contributed by atoms with Gasteiger partial charge in [-0.25, -0.2) is 0 Å². The molecule has 3 aliphatic carbocycles. The molecule has 0 saturated heterocycles. The Morgan fingerprint density at radius 3 is 2.13 bits per heavy atom. The van der Waals surface area contributed by atoms with Crippen molar-refractivity contribution < 1.29 is 34.0 Å². The predicted octanol–water partition coefficient (Wildman–Crippen LogP) is 13.0. The van der Waals surface area contributed by atoms with Crippen LogP contribution in [0.25, 0.3) is 53.8 Å². The van der Waals surface area contributed by atoms with Crippen LogP contribution in [0, 0.1) is 33.9 Å². The predicted molar refractivity (Wildman–Crippen MR) is 261 cm³/mol. The topological polar surface area (TPSA) is 17.0 Å². The number of hydrogen-bond acceptors (Lipinski definition) is 2. The number of pyridine rings is 2. The summed E-state index contributed by atoms with van der Waals surface area (Å²) < 4.78 is 12.3. The summed E-state index contributed by atoms with van der Waals surface area (Å²) in [5, 5.41) is 4.17. The van der Waals surface area contributed by atoms with E-state index in [1.807, 2.05) is 28.0 Å². The van der Waals surface area contributed by atoms with Gasteiger partial charge in [0.25, 0.3) is 0 Å². The minimum absolute atomic E-state index is 0. The molecule has 10 rings (SSSR count). The van der Waals surface area contributed by atoms with Gasteiger partial charge in [0.15, 0.2) is 0 Å². The van der Waals surface area contributed by atoms with Gasteiger partial charge in [-0.15, -0.1) is 40.7 Å². The molecule has 0 amide bonds. The second-order valence-corrected chi connectivity index (χ2v) is 25.1. The molecule has 0 bridgehead atoms. The molecule has 62 heavy (non-hydrogen) atoms. The van der Waals surface area contributed by atoms with Gasteiger partial charge in [0.1, 0.15) is 5.75 Å². The average Bonchev–Trinajstić information content (AvgIpc) is 3.91. The van der Waals surface area contributed by atoms with E-state index in [0.29, 0.717) is 0 Å². The quantitative estimate of drug-likeness (QED) is 0.0883. The minimum Gasteiger partial charge on any atom is -0.496 e. The first kappa shape index (κ1) is 44.2. The summed E-state index contributed by atoms with van der Waals surface area (Å²) >= 11 is 1.83. The Morgan fingerprint density at radius 2 is 1.39 bits per heavy atom. The van der Waals surface area contributed by atoms with Crippen molar-refractivity contribution in [3.63, 3.8) is 0 Å². The Labute approximate surface area is 390 Å². The van der Waals surface area contributed by atoms with Crippen LogP contribution in [0.5, 0.6) is 5.75 Å². The van der Waals surface area contributed by atoms with Gasteiger partial charge in [-0.1, -0.05) is 110 Å². The second kappa shape index (κ2) is 18.3. The summed E-state index contributed by atoms with van der Waals surface area (Å²) in [6, 6.07) is 28.8. The number of methoxy groups -OCH3 is 1. The molecule has 1 radical (unpaired) electrons. The summed E-state index contributed by atoms with van der Waals surface area (Å²) in [6.45, 7) is 16.3. The van der Waals surface area contributed by atoms with Crippen molar-refractivity contribution in [2.75, 3.05) is 7.11 Å². The third-order valence-electron chi connectivity index (χ3n) is 13.8. The van der Waals surface area contributed by atoms with Gasteiger partial charge in [-0.05, 0) is 108 Å². The molecule has 1 saturated carbocycles. The maximum atomic E-state index is 5.59. The molecule has 3 aliphatic rings. The number of fused-ring (bicyclic) bond motifs is 5. The molecule has 0 atom stereocenters. The molecule has 323 valence electrons. The first-order valence-corrected chi connectivity index (χ1v) is 27.0. The largest absolute Gasteiger partial charge is 0.496 e. The van der Waals surface area contributed by atoms with Gasteiger partial charge in [-0.2, -0.15) is 31.0 Å². The smallest absolute Gasteiger partial charge is 0.126 e. The number of hydrogen-bond donors (Lipinski definition) is 0. The fourth-order valence-corrected chi connectivity index (χ4v) is 13.6. The maximum absolute atomic E-state index is 5.59. The zero-order valence-corrected chi connectivity index (χ0v) is 41.5. The fraction of sp³-hybridized carbons (Fsp3) is 0.321. The molecular weight excluding hydrogens is 969 g/mol. The number of aryl methyl sites for hydroxylation is 2. The van der Waals surface area contributed by atoms with Crippen molar-refractivity contribution in [1.29, 1.82) is 0 Å². The van der Waals surface area contributed by atoms with Crippen LogP contribution in [-0.2, 0) is 52.2 Å². The molecule has 7 aromatic rings. The van der Waals surface area contributed by atoms with Crippen LogP contribution >= 0.6 is 11.3 Å². The maximum Gasteiger partial charge on any atom is 0.126 e. The standard InChI is InChI=1S/C30H26NOS.C26H36NSi.Ir/c1-19-16-28-26(18-25(19)30-23-10-5-4-8-20(23)14-15-31(30)2)24-13-12-21(17-29(24)33-28)22-9-6-7-11-27(22)32-3;1-19-14-15-21-12-8-9-13-23(21)26(19)24-17-22(16-20-10-6-7-11-20)25(18-27(24)2)28(3,4)5;/h6-7,9,11-18H,1-2,4-5,8,10H2,3H3;14-15,17-18,20H,1-2,6-13,16H2,3-5H3;/q2*-1;. The van der Waals surface area contributed by atoms with Crippen molar-refractivity contribution >= 4 is 44.8 Å². The Kier molecular flexibility index (Phi) is 13.1. The summed E-state index contributed by atoms with van der Waals surface area (Å²) in [7, 11) is 9.07. The molecule has 3 aromatic heterocycles. The zero-order valence-electron chi connectivity index (χ0n) is 37.3. The first-order chi connectivity index (χ1) is 29.5. The zero-order chi connectivity index (χ0) is 42.4. The second-order valence-electron chi connectivity index (χ2n) is 19.0. The van der Waals surface area contributed by atoms with Crippen molar-refractivity contribution in [3.8, 4) is 39.4 Å². The van der Waals surface area contributed by atoms with E-state index >= 15 is 0 Å². The van der Waals surface area contributed by atoms with Crippen LogP contribution in [0.1, 0.15) is 90.3 Å². The summed E-state index contributed by atoms with van der Waals surface area (Å²) in [6.07, 6.45) is 21.1. The average molecular weight is 1030 g/mol. The summed E-state index contributed by atoms with van der Waals surface area (Å²) in [5.74, 6) is 1.77. The van der Waals surface area contributed by atoms with E-state index in [1.165, 1.54) is 141 Å². The molecule has 3 nitrogen and oxygen atoms in total. The van der Waals surface area contributed by atoms with Crippen LogP contribution in [0.4, 0.5) is 0 Å². The van der Waals surface area contributed by atoms with Gasteiger partial charge in [0.05, 0.1) is 39.0 Å². The normalized spacial score (nSPS) is 15.1. The number of para-hydroxylation sites is 1. The first-order valence-electron chi connectivity index (χ1n) is 22.7. The fourth-order valence-electron chi connectivity index (χ4n) is 10.7. The number of nitrogens with zero attached hydrogens (tertiary/aromatic N) is 2. The number of thiophene rings is 1. The molecule has 0 N–H and O–H groups in total. The van der Waals surface area contributed by atoms with E-state index in [1.54, 1.807) is 17.9 Å². The van der Waals surface area contributed by atoms with Crippen LogP contribution in [-0.4, -0.2) is 15.2 Å². The summed E-state index contributed by atoms with van der Waals surface area (Å²) in [5.41, 5.74) is 17.1. The van der Waals surface area contributed by atoms with E-state index in [4.69, 9.17) is 4.74 Å². The van der Waals surface area contributed by atoms with Crippen LogP contribution in [0.15, 0.2) is 91.3 Å². The molecule has 4 aromatic carbocycles. The monoisotopic (exact) mass is 1030 g/mol. The van der Waals surface area contributed by atoms with E-state index in [-0.39, 0.29) is 20.1 Å². The van der Waals surface area contributed by atoms with Crippen molar-refractivity contribution in [3.05, 3.63) is 158 Å². The van der Waals surface area contributed by atoms with Gasteiger partial charge in [-0.3, -0.25) is 0 Å². The molecule has 0 unspecified atom stereocenters. The molecule has 0 aliphatic heterocycles. The summed E-state index contributed by atoms with van der Waals surface area (Å²) in [4.78, 5) is 0. The van der Waals surface area contributed by atoms with Crippen molar-refractivity contribution in [2.24, 2.45) is 5.92 Å². The van der Waals surface area contributed by atoms with E-state index < -0.39 is 8.07 Å². The Balaban J connectivity index is 0.000000170. The Bertz CT molecular complexity index is 2770. The van der Waals surface area contributed by atoms with Gasteiger partial charge in [0.2, 0.25) is 0 Å². The SMILES string of the molecule is [CH2-]c1cc2sc3cc(-c4ccccc4OC)ccc3c2cc1-c1c2c(cc[n+]1[CH2-])CCCC2.[CH2-]c1ccc2c(c1-c1cc(CC3CCCC3)c([Si](C)(C)C)c[n+]1[CH2-])CCCC2.[Ir]. The van der Waals surface area contributed by atoms with Gasteiger partial charge < -0.3 is 13.9 Å². The Morgan fingerprint density at radius 1 is 0.694 bits per heavy atom. The van der Waals surface area contributed by atoms with E-state index in [9.17, 15) is 0 Å². The minimum atomic E-state index is -1.42. The number of rotatable bonds is 7. The van der Waals surface area contributed by atoms with E-state index in [0.717, 1.165) is 41.2 Å². The molecule has 0 spiro atoms. The van der Waals surface area contributed by atoms with Crippen LogP contribution < -0.4 is 19.1 Å². The third-order valence-corrected chi connectivity index (χ3v) is 17.0. The number of ether oxygens (including phenoxy) is 1. The van der Waals surface area contributed by atoms with Crippen molar-refractivity contribution in [2.45, 2.75) is 103 Å². The third kappa shape index (κ3) is 8.61. The molecule has 6 heteroatoms. The van der Waals surface area contributed by atoms with E-state index in [2.05, 4.69) is 131 Å². The van der Waals surface area contributed by atoms with Crippen LogP contribution in [0.3, 0.4) is 0 Å². The van der Waals surface area contributed by atoms with Gasteiger partial charge >= 0.3 is 0 Å². The molecule has 3 heterocycles. The van der Waals surface area contributed by atoms with Crippen LogP contribution in [0.2, 0.25) is 19.6 Å². The van der Waals surface area contributed by atoms with Gasteiger partial charge in [0, 0.05) is 44.5 Å². The Hall–Kier alpha value is -4.45.